The van der Waals surface area contributed by atoms with Gasteiger partial charge in [0.15, 0.2) is 0 Å². The van der Waals surface area contributed by atoms with Crippen molar-refractivity contribution in [2.75, 3.05) is 25.9 Å². The van der Waals surface area contributed by atoms with E-state index in [2.05, 4.69) is 20.0 Å². The fraction of sp³-hybridized carbons (Fsp3) is 0.375. The maximum absolute atomic E-state index is 12.0. The number of anilines is 1. The molecule has 0 aliphatic carbocycles. The van der Waals surface area contributed by atoms with Crippen LogP contribution in [0, 0.1) is 0 Å². The molecule has 5 N–H and O–H groups in total. The summed E-state index contributed by atoms with van der Waals surface area (Å²) >= 11 is 0. The number of piperidine rings is 1. The van der Waals surface area contributed by atoms with Gasteiger partial charge >= 0.3 is 0 Å². The van der Waals surface area contributed by atoms with Crippen LogP contribution in [0.3, 0.4) is 0 Å². The molecule has 8 nitrogen and oxygen atoms in total. The Morgan fingerprint density at radius 3 is 2.63 bits per heavy atom. The number of sulfonamides is 1. The van der Waals surface area contributed by atoms with Crippen molar-refractivity contribution in [3.63, 3.8) is 0 Å². The van der Waals surface area contributed by atoms with Crippen LogP contribution in [0.1, 0.15) is 24.5 Å². The van der Waals surface area contributed by atoms with Gasteiger partial charge in [0.25, 0.3) is 0 Å². The predicted molar refractivity (Wildman–Crippen MR) is 109 cm³/mol. The Kier molecular flexibility index (Phi) is 8.24. The largest absolute Gasteiger partial charge is 0.507 e. The van der Waals surface area contributed by atoms with Gasteiger partial charge in [0, 0.05) is 18.0 Å². The second-order valence-electron chi connectivity index (χ2n) is 5.97. The Hall–Kier alpha value is -1.65. The summed E-state index contributed by atoms with van der Waals surface area (Å²) in [4.78, 5) is 8.54. The average Bonchev–Trinajstić information content (AvgIpc) is 2.62. The minimum atomic E-state index is -3.63. The highest BCUT2D eigenvalue weighted by atomic mass is 35.5. The van der Waals surface area contributed by atoms with E-state index in [0.717, 1.165) is 31.6 Å². The zero-order valence-corrected chi connectivity index (χ0v) is 17.1. The first-order valence-electron chi connectivity index (χ1n) is 8.03. The molecule has 1 saturated heterocycles. The molecule has 0 amide bonds. The third-order valence-corrected chi connectivity index (χ3v) is 5.71. The van der Waals surface area contributed by atoms with E-state index >= 15 is 0 Å². The maximum atomic E-state index is 12.0. The lowest BCUT2D eigenvalue weighted by Crippen LogP contribution is -2.29. The number of nitrogens with one attached hydrogen (secondary N) is 2. The van der Waals surface area contributed by atoms with Crippen molar-refractivity contribution in [2.24, 2.45) is 0 Å². The van der Waals surface area contributed by atoms with E-state index in [1.54, 1.807) is 6.07 Å². The van der Waals surface area contributed by atoms with Crippen molar-refractivity contribution in [3.8, 4) is 17.0 Å². The van der Waals surface area contributed by atoms with Gasteiger partial charge in [-0.3, -0.25) is 0 Å². The summed E-state index contributed by atoms with van der Waals surface area (Å²) in [5.74, 6) is 0.240. The van der Waals surface area contributed by atoms with Gasteiger partial charge in [-0.25, -0.2) is 23.1 Å². The van der Waals surface area contributed by atoms with Crippen molar-refractivity contribution in [1.29, 1.82) is 0 Å². The van der Waals surface area contributed by atoms with Gasteiger partial charge < -0.3 is 16.2 Å². The summed E-state index contributed by atoms with van der Waals surface area (Å²) in [6.45, 7) is 1.78. The van der Waals surface area contributed by atoms with Crippen LogP contribution in [0.2, 0.25) is 0 Å². The topological polar surface area (TPSA) is 130 Å². The number of aromatic nitrogens is 2. The molecule has 2 aromatic rings. The maximum Gasteiger partial charge on any atom is 0.240 e. The summed E-state index contributed by atoms with van der Waals surface area (Å²) in [6.07, 6.45) is 2.04. The van der Waals surface area contributed by atoms with Gasteiger partial charge in [-0.1, -0.05) is 0 Å². The molecule has 1 aromatic carbocycles. The summed E-state index contributed by atoms with van der Waals surface area (Å²) in [7, 11) is -2.30. The molecule has 3 rings (SSSR count). The number of benzene rings is 1. The second-order valence-corrected chi connectivity index (χ2v) is 7.85. The first-order valence-corrected chi connectivity index (χ1v) is 9.51. The highest BCUT2D eigenvalue weighted by Gasteiger charge is 2.20. The molecule has 11 heteroatoms. The molecule has 0 spiro atoms. The molecular formula is C16H23Cl2N5O3S. The Balaban J connectivity index is 0.00000182. The van der Waals surface area contributed by atoms with Crippen LogP contribution in [0.15, 0.2) is 29.2 Å². The average molecular weight is 436 g/mol. The van der Waals surface area contributed by atoms with Gasteiger partial charge in [0.05, 0.1) is 16.3 Å². The van der Waals surface area contributed by atoms with Crippen LogP contribution < -0.4 is 15.8 Å². The van der Waals surface area contributed by atoms with Crippen LogP contribution in [0.25, 0.3) is 11.3 Å². The van der Waals surface area contributed by atoms with E-state index in [4.69, 9.17) is 5.73 Å². The molecule has 1 aliphatic heterocycles. The lowest BCUT2D eigenvalue weighted by Gasteiger charge is -2.22. The van der Waals surface area contributed by atoms with Crippen molar-refractivity contribution in [1.82, 2.24) is 20.0 Å². The molecule has 1 fully saturated rings. The number of aromatic hydroxyl groups is 1. The number of hydrogen-bond acceptors (Lipinski definition) is 7. The number of phenolic OH excluding ortho intramolecular Hbond substituents is 1. The zero-order valence-electron chi connectivity index (χ0n) is 14.7. The summed E-state index contributed by atoms with van der Waals surface area (Å²) in [5, 5.41) is 13.5. The lowest BCUT2D eigenvalue weighted by atomic mass is 9.95. The van der Waals surface area contributed by atoms with Gasteiger partial charge in [0.1, 0.15) is 5.75 Å². The van der Waals surface area contributed by atoms with Gasteiger partial charge in [-0.05, 0) is 50.7 Å². The Morgan fingerprint density at radius 2 is 2.00 bits per heavy atom. The molecule has 150 valence electrons. The van der Waals surface area contributed by atoms with Gasteiger partial charge in [0.2, 0.25) is 16.0 Å². The van der Waals surface area contributed by atoms with Gasteiger partial charge in [-0.2, -0.15) is 0 Å². The van der Waals surface area contributed by atoms with Crippen molar-refractivity contribution in [3.05, 3.63) is 30.0 Å². The number of nitrogens with zero attached hydrogens (tertiary/aromatic N) is 2. The smallest absolute Gasteiger partial charge is 0.240 e. The third kappa shape index (κ3) is 5.20. The zero-order chi connectivity index (χ0) is 18.0. The van der Waals surface area contributed by atoms with Crippen molar-refractivity contribution >= 4 is 40.8 Å². The lowest BCUT2D eigenvalue weighted by molar-refractivity contribution is 0.454. The molecule has 0 bridgehead atoms. The van der Waals surface area contributed by atoms with Crippen LogP contribution in [-0.2, 0) is 10.0 Å². The Morgan fingerprint density at radius 1 is 1.26 bits per heavy atom. The third-order valence-electron chi connectivity index (χ3n) is 4.30. The van der Waals surface area contributed by atoms with Gasteiger partial charge in [-0.15, -0.1) is 24.8 Å². The van der Waals surface area contributed by atoms with Crippen LogP contribution in [0.4, 0.5) is 5.95 Å². The number of phenols is 1. The summed E-state index contributed by atoms with van der Waals surface area (Å²) < 4.78 is 26.3. The van der Waals surface area contributed by atoms with Crippen molar-refractivity contribution in [2.45, 2.75) is 23.7 Å². The fourth-order valence-electron chi connectivity index (χ4n) is 2.94. The van der Waals surface area contributed by atoms with E-state index in [9.17, 15) is 13.5 Å². The minimum absolute atomic E-state index is 0. The van der Waals surface area contributed by atoms with E-state index in [1.807, 2.05) is 0 Å². The quantitative estimate of drug-likeness (QED) is 0.573. The van der Waals surface area contributed by atoms with Crippen molar-refractivity contribution < 1.29 is 13.5 Å². The molecule has 0 saturated carbocycles. The monoisotopic (exact) mass is 435 g/mol. The number of hydrogen-bond donors (Lipinski definition) is 4. The summed E-state index contributed by atoms with van der Waals surface area (Å²) in [6, 6.07) is 5.81. The van der Waals surface area contributed by atoms with E-state index < -0.39 is 10.0 Å². The molecule has 1 atom stereocenters. The Bertz CT molecular complexity index is 890. The first kappa shape index (κ1) is 23.4. The molecular weight excluding hydrogens is 413 g/mol. The summed E-state index contributed by atoms with van der Waals surface area (Å²) in [5.41, 5.74) is 7.34. The fourth-order valence-corrected chi connectivity index (χ4v) is 3.70. The molecule has 1 unspecified atom stereocenters. The van der Waals surface area contributed by atoms with Crippen LogP contribution >= 0.6 is 24.8 Å². The van der Waals surface area contributed by atoms with Crippen LogP contribution in [-0.4, -0.2) is 43.6 Å². The number of nitrogens with two attached hydrogens (primary N) is 1. The number of rotatable bonds is 4. The number of nitrogen functional groups attached to an aromatic ring is 1. The standard InChI is InChI=1S/C16H21N5O3S.2ClH/c1-18-25(23,24)11-4-5-15(22)12(7-11)14-8-13(20-16(17)21-14)10-3-2-6-19-9-10;;/h4-5,7-8,10,18-19,22H,2-3,6,9H2,1H3,(H2,17,20,21);2*1H. The van der Waals surface area contributed by atoms with E-state index in [-0.39, 0.29) is 47.3 Å². The molecule has 1 aliphatic rings. The first-order chi connectivity index (χ1) is 11.9. The molecule has 0 radical (unpaired) electrons. The predicted octanol–water partition coefficient (Wildman–Crippen LogP) is 1.65. The molecule has 27 heavy (non-hydrogen) atoms. The SMILES string of the molecule is CNS(=O)(=O)c1ccc(O)c(-c2cc(C3CCCNC3)nc(N)n2)c1.Cl.Cl. The van der Waals surface area contributed by atoms with E-state index in [0.29, 0.717) is 11.3 Å². The minimum Gasteiger partial charge on any atom is -0.507 e. The highest BCUT2D eigenvalue weighted by molar-refractivity contribution is 7.89. The highest BCUT2D eigenvalue weighted by Crippen LogP contribution is 2.32. The molecule has 1 aromatic heterocycles. The molecule has 2 heterocycles. The second kappa shape index (κ2) is 9.52. The normalized spacial score (nSPS) is 16.9. The Labute approximate surface area is 170 Å². The number of halogens is 2. The van der Waals surface area contributed by atoms with E-state index in [1.165, 1.54) is 25.2 Å². The van der Waals surface area contributed by atoms with Crippen LogP contribution in [0.5, 0.6) is 5.75 Å².